The van der Waals surface area contributed by atoms with Crippen molar-refractivity contribution in [3.05, 3.63) is 71.8 Å². The summed E-state index contributed by atoms with van der Waals surface area (Å²) in [4.78, 5) is 0. The van der Waals surface area contributed by atoms with Crippen LogP contribution in [0.1, 0.15) is 24.0 Å². The Morgan fingerprint density at radius 3 is 1.69 bits per heavy atom. The number of hydrogen-bond donors (Lipinski definition) is 2. The van der Waals surface area contributed by atoms with E-state index in [1.807, 2.05) is 60.7 Å². The summed E-state index contributed by atoms with van der Waals surface area (Å²) in [5, 5.41) is 19.4. The normalized spacial score (nSPS) is 25.5. The van der Waals surface area contributed by atoms with Gasteiger partial charge in [-0.3, -0.25) is 0 Å². The fourth-order valence-electron chi connectivity index (χ4n) is 3.87. The Morgan fingerprint density at radius 2 is 1.23 bits per heavy atom. The lowest BCUT2D eigenvalue weighted by molar-refractivity contribution is -0.0115. The summed E-state index contributed by atoms with van der Waals surface area (Å²) in [6.07, 6.45) is 1.30. The standard InChI is InChI=1S/C22H28O4/c23-12-11-19-20(14-24)22(26-16-18-9-5-2-6-10-18)13-21(19)25-15-17-7-3-1-4-8-17/h1-10,19-24H,11-16H2. The first-order chi connectivity index (χ1) is 12.8. The van der Waals surface area contributed by atoms with E-state index < -0.39 is 0 Å². The van der Waals surface area contributed by atoms with Crippen molar-refractivity contribution in [3.63, 3.8) is 0 Å². The fourth-order valence-corrected chi connectivity index (χ4v) is 3.87. The van der Waals surface area contributed by atoms with Crippen molar-refractivity contribution in [1.29, 1.82) is 0 Å². The van der Waals surface area contributed by atoms with Crippen molar-refractivity contribution in [3.8, 4) is 0 Å². The SMILES string of the molecule is OCCC1C(OCc2ccccc2)CC(OCc2ccccc2)C1CO. The second-order valence-corrected chi connectivity index (χ2v) is 6.93. The first-order valence-electron chi connectivity index (χ1n) is 9.34. The largest absolute Gasteiger partial charge is 0.396 e. The molecule has 1 aliphatic rings. The highest BCUT2D eigenvalue weighted by Gasteiger charge is 2.43. The van der Waals surface area contributed by atoms with Crippen molar-refractivity contribution < 1.29 is 19.7 Å². The quantitative estimate of drug-likeness (QED) is 0.725. The Balaban J connectivity index is 1.62. The molecule has 4 unspecified atom stereocenters. The summed E-state index contributed by atoms with van der Waals surface area (Å²) in [7, 11) is 0. The van der Waals surface area contributed by atoms with E-state index in [9.17, 15) is 10.2 Å². The zero-order chi connectivity index (χ0) is 18.2. The van der Waals surface area contributed by atoms with Crippen molar-refractivity contribution in [2.75, 3.05) is 13.2 Å². The van der Waals surface area contributed by atoms with Crippen LogP contribution in [0.2, 0.25) is 0 Å². The number of ether oxygens (including phenoxy) is 2. The highest BCUT2D eigenvalue weighted by atomic mass is 16.5. The van der Waals surface area contributed by atoms with Gasteiger partial charge < -0.3 is 19.7 Å². The predicted octanol–water partition coefficient (Wildman–Crippen LogP) is 3.17. The molecule has 0 heterocycles. The summed E-state index contributed by atoms with van der Waals surface area (Å²) < 4.78 is 12.3. The lowest BCUT2D eigenvalue weighted by Crippen LogP contribution is -2.28. The molecule has 3 rings (SSSR count). The van der Waals surface area contributed by atoms with E-state index in [0.29, 0.717) is 19.6 Å². The van der Waals surface area contributed by atoms with Crippen molar-refractivity contribution in [2.45, 2.75) is 38.3 Å². The third-order valence-corrected chi connectivity index (χ3v) is 5.26. The van der Waals surface area contributed by atoms with Crippen LogP contribution in [-0.2, 0) is 22.7 Å². The third kappa shape index (κ3) is 4.92. The molecule has 26 heavy (non-hydrogen) atoms. The molecule has 0 aliphatic heterocycles. The number of rotatable bonds is 9. The van der Waals surface area contributed by atoms with Crippen LogP contribution in [0, 0.1) is 11.8 Å². The van der Waals surface area contributed by atoms with E-state index in [4.69, 9.17) is 9.47 Å². The van der Waals surface area contributed by atoms with Crippen LogP contribution in [0.4, 0.5) is 0 Å². The van der Waals surface area contributed by atoms with Gasteiger partial charge in [0.05, 0.1) is 25.4 Å². The van der Waals surface area contributed by atoms with Gasteiger partial charge in [0.25, 0.3) is 0 Å². The minimum absolute atomic E-state index is 0.00774. The van der Waals surface area contributed by atoms with Gasteiger partial charge >= 0.3 is 0 Å². The third-order valence-electron chi connectivity index (χ3n) is 5.26. The molecule has 0 bridgehead atoms. The first-order valence-corrected chi connectivity index (χ1v) is 9.34. The van der Waals surface area contributed by atoms with E-state index in [0.717, 1.165) is 17.5 Å². The Kier molecular flexibility index (Phi) is 7.21. The molecule has 2 aromatic carbocycles. The molecule has 1 aliphatic carbocycles. The molecule has 4 heteroatoms. The smallest absolute Gasteiger partial charge is 0.0720 e. The summed E-state index contributed by atoms with van der Waals surface area (Å²) in [6, 6.07) is 20.1. The van der Waals surface area contributed by atoms with Crippen LogP contribution in [0.5, 0.6) is 0 Å². The molecule has 4 atom stereocenters. The van der Waals surface area contributed by atoms with Crippen LogP contribution in [0.25, 0.3) is 0 Å². The fraction of sp³-hybridized carbons (Fsp3) is 0.455. The van der Waals surface area contributed by atoms with Gasteiger partial charge in [0, 0.05) is 25.6 Å². The van der Waals surface area contributed by atoms with Gasteiger partial charge in [0.2, 0.25) is 0 Å². The summed E-state index contributed by atoms with van der Waals surface area (Å²) in [6.45, 7) is 1.21. The second-order valence-electron chi connectivity index (χ2n) is 6.93. The van der Waals surface area contributed by atoms with Crippen LogP contribution < -0.4 is 0 Å². The van der Waals surface area contributed by atoms with E-state index in [1.54, 1.807) is 0 Å². The lowest BCUT2D eigenvalue weighted by atomic mass is 9.91. The molecule has 0 saturated heterocycles. The zero-order valence-electron chi connectivity index (χ0n) is 15.0. The van der Waals surface area contributed by atoms with Crippen LogP contribution >= 0.6 is 0 Å². The second kappa shape index (κ2) is 9.83. The average Bonchev–Trinajstić information content (AvgIpc) is 3.03. The molecule has 0 spiro atoms. The lowest BCUT2D eigenvalue weighted by Gasteiger charge is -2.24. The number of aliphatic hydroxyl groups excluding tert-OH is 2. The molecule has 2 aromatic rings. The molecule has 0 amide bonds. The number of benzene rings is 2. The predicted molar refractivity (Wildman–Crippen MR) is 100 cm³/mol. The molecule has 1 saturated carbocycles. The van der Waals surface area contributed by atoms with Crippen LogP contribution in [-0.4, -0.2) is 35.6 Å². The summed E-state index contributed by atoms with van der Waals surface area (Å²) in [5.41, 5.74) is 2.25. The Bertz CT molecular complexity index is 631. The molecule has 0 aromatic heterocycles. The monoisotopic (exact) mass is 356 g/mol. The summed E-state index contributed by atoms with van der Waals surface area (Å²) >= 11 is 0. The highest BCUT2D eigenvalue weighted by Crippen LogP contribution is 2.39. The Morgan fingerprint density at radius 1 is 0.731 bits per heavy atom. The summed E-state index contributed by atoms with van der Waals surface area (Å²) in [5.74, 6) is 0.0983. The van der Waals surface area contributed by atoms with E-state index in [-0.39, 0.29) is 37.3 Å². The molecule has 140 valence electrons. The Labute approximate surface area is 155 Å². The van der Waals surface area contributed by atoms with Crippen LogP contribution in [0.15, 0.2) is 60.7 Å². The van der Waals surface area contributed by atoms with E-state index in [1.165, 1.54) is 0 Å². The average molecular weight is 356 g/mol. The highest BCUT2D eigenvalue weighted by molar-refractivity contribution is 5.14. The van der Waals surface area contributed by atoms with Crippen molar-refractivity contribution in [2.24, 2.45) is 11.8 Å². The number of hydrogen-bond acceptors (Lipinski definition) is 4. The molecule has 2 N–H and O–H groups in total. The minimum atomic E-state index is -0.0578. The van der Waals surface area contributed by atoms with Gasteiger partial charge in [-0.15, -0.1) is 0 Å². The molecular formula is C22H28O4. The van der Waals surface area contributed by atoms with Gasteiger partial charge in [-0.05, 0) is 23.5 Å². The zero-order valence-corrected chi connectivity index (χ0v) is 15.0. The molecule has 4 nitrogen and oxygen atoms in total. The van der Waals surface area contributed by atoms with Crippen molar-refractivity contribution >= 4 is 0 Å². The van der Waals surface area contributed by atoms with Gasteiger partial charge in [-0.25, -0.2) is 0 Å². The van der Waals surface area contributed by atoms with Gasteiger partial charge in [0.1, 0.15) is 0 Å². The van der Waals surface area contributed by atoms with Gasteiger partial charge in [0.15, 0.2) is 0 Å². The van der Waals surface area contributed by atoms with Crippen molar-refractivity contribution in [1.82, 2.24) is 0 Å². The topological polar surface area (TPSA) is 58.9 Å². The van der Waals surface area contributed by atoms with E-state index >= 15 is 0 Å². The first kappa shape index (κ1) is 19.1. The van der Waals surface area contributed by atoms with Crippen LogP contribution in [0.3, 0.4) is 0 Å². The Hall–Kier alpha value is -1.72. The van der Waals surface area contributed by atoms with Gasteiger partial charge in [-0.1, -0.05) is 60.7 Å². The maximum atomic E-state index is 9.92. The maximum Gasteiger partial charge on any atom is 0.0720 e. The van der Waals surface area contributed by atoms with Gasteiger partial charge in [-0.2, -0.15) is 0 Å². The molecule has 0 radical (unpaired) electrons. The number of aliphatic hydroxyl groups is 2. The van der Waals surface area contributed by atoms with E-state index in [2.05, 4.69) is 0 Å². The molecular weight excluding hydrogens is 328 g/mol. The molecule has 1 fully saturated rings. The maximum absolute atomic E-state index is 9.92. The minimum Gasteiger partial charge on any atom is -0.396 e.